The minimum Gasteiger partial charge on any atom is -0.485 e. The standard InChI is InChI=1S/C31H25N7O2/c1-37-17-19(40-27-12-5-4-10-26(27)37)14-32-31-33-15-23-28-24(16-34-36-28)30(39)38(29(23)35-31)25-11-6-9-21-20-8-3-2-7-18(20)13-22(21)25/h2-12,15-16,19H,13-14,17H2,1H3,(H,34,36)(H,32,33,35). The van der Waals surface area contributed by atoms with Crippen molar-refractivity contribution in [1.29, 1.82) is 0 Å². The second-order valence-electron chi connectivity index (χ2n) is 10.3. The first-order valence-electron chi connectivity index (χ1n) is 13.3. The fourth-order valence-corrected chi connectivity index (χ4v) is 6.05. The maximum atomic E-state index is 13.9. The van der Waals surface area contributed by atoms with Gasteiger partial charge in [-0.25, -0.2) is 4.98 Å². The maximum Gasteiger partial charge on any atom is 0.267 e. The van der Waals surface area contributed by atoms with Crippen LogP contribution in [0.15, 0.2) is 83.9 Å². The number of ether oxygens (including phenoxy) is 1. The number of fused-ring (bicyclic) bond motifs is 7. The molecule has 4 heterocycles. The van der Waals surface area contributed by atoms with Crippen LogP contribution in [0, 0.1) is 0 Å². The monoisotopic (exact) mass is 527 g/mol. The van der Waals surface area contributed by atoms with Gasteiger partial charge in [-0.2, -0.15) is 10.1 Å². The predicted octanol–water partition coefficient (Wildman–Crippen LogP) is 4.54. The molecule has 0 saturated carbocycles. The van der Waals surface area contributed by atoms with Crippen LogP contribution >= 0.6 is 0 Å². The van der Waals surface area contributed by atoms with Gasteiger partial charge in [0.1, 0.15) is 11.9 Å². The van der Waals surface area contributed by atoms with E-state index in [-0.39, 0.29) is 11.7 Å². The molecule has 3 aromatic carbocycles. The highest BCUT2D eigenvalue weighted by atomic mass is 16.5. The highest BCUT2D eigenvalue weighted by Gasteiger charge is 2.26. The van der Waals surface area contributed by atoms with Crippen molar-refractivity contribution < 1.29 is 4.74 Å². The van der Waals surface area contributed by atoms with E-state index < -0.39 is 0 Å². The topological polar surface area (TPSA) is 101 Å². The Morgan fingerprint density at radius 1 is 0.975 bits per heavy atom. The molecule has 9 nitrogen and oxygen atoms in total. The molecule has 6 aromatic rings. The van der Waals surface area contributed by atoms with E-state index in [2.05, 4.69) is 68.8 Å². The number of hydrogen-bond acceptors (Lipinski definition) is 7. The predicted molar refractivity (Wildman–Crippen MR) is 156 cm³/mol. The Kier molecular flexibility index (Phi) is 4.94. The van der Waals surface area contributed by atoms with Gasteiger partial charge in [0, 0.05) is 19.7 Å². The van der Waals surface area contributed by atoms with Crippen LogP contribution in [-0.4, -0.2) is 51.0 Å². The number of anilines is 2. The van der Waals surface area contributed by atoms with Crippen molar-refractivity contribution in [1.82, 2.24) is 24.7 Å². The summed E-state index contributed by atoms with van der Waals surface area (Å²) >= 11 is 0. The van der Waals surface area contributed by atoms with Gasteiger partial charge in [-0.05, 0) is 40.5 Å². The van der Waals surface area contributed by atoms with E-state index in [1.54, 1.807) is 17.0 Å². The van der Waals surface area contributed by atoms with Crippen LogP contribution in [0.5, 0.6) is 5.75 Å². The fraction of sp³-hybridized carbons (Fsp3) is 0.161. The van der Waals surface area contributed by atoms with Crippen LogP contribution < -0.4 is 20.5 Å². The lowest BCUT2D eigenvalue weighted by Crippen LogP contribution is -2.41. The smallest absolute Gasteiger partial charge is 0.267 e. The van der Waals surface area contributed by atoms with Gasteiger partial charge in [-0.1, -0.05) is 48.5 Å². The van der Waals surface area contributed by atoms with Gasteiger partial charge in [-0.15, -0.1) is 0 Å². The molecule has 1 unspecified atom stereocenters. The van der Waals surface area contributed by atoms with E-state index >= 15 is 0 Å². The average Bonchev–Trinajstić information content (AvgIpc) is 3.62. The Morgan fingerprint density at radius 2 is 1.80 bits per heavy atom. The molecule has 0 radical (unpaired) electrons. The summed E-state index contributed by atoms with van der Waals surface area (Å²) in [5, 5.41) is 11.7. The van der Waals surface area contributed by atoms with Crippen LogP contribution in [-0.2, 0) is 6.42 Å². The van der Waals surface area contributed by atoms with Crippen LogP contribution in [0.2, 0.25) is 0 Å². The van der Waals surface area contributed by atoms with E-state index in [1.807, 2.05) is 30.3 Å². The molecule has 0 fully saturated rings. The molecule has 0 bridgehead atoms. The molecule has 196 valence electrons. The SMILES string of the molecule is CN1CC(CNc2ncc3c4[nH]ncc4c(=O)n(-c4cccc5c4Cc4ccccc4-5)c3n2)Oc2ccccc21. The second kappa shape index (κ2) is 8.67. The minimum absolute atomic E-state index is 0.0904. The van der Waals surface area contributed by atoms with E-state index in [0.717, 1.165) is 46.6 Å². The van der Waals surface area contributed by atoms with Gasteiger partial charge in [0.2, 0.25) is 5.95 Å². The van der Waals surface area contributed by atoms with Crippen molar-refractivity contribution in [3.63, 3.8) is 0 Å². The van der Waals surface area contributed by atoms with Crippen LogP contribution in [0.4, 0.5) is 11.6 Å². The zero-order chi connectivity index (χ0) is 26.8. The lowest BCUT2D eigenvalue weighted by atomic mass is 10.0. The summed E-state index contributed by atoms with van der Waals surface area (Å²) in [5.74, 6) is 1.29. The summed E-state index contributed by atoms with van der Waals surface area (Å²) in [7, 11) is 2.06. The third kappa shape index (κ3) is 3.40. The number of para-hydroxylation sites is 2. The molecule has 2 aliphatic rings. The van der Waals surface area contributed by atoms with Crippen LogP contribution in [0.3, 0.4) is 0 Å². The number of nitrogens with zero attached hydrogens (tertiary/aromatic N) is 5. The summed E-state index contributed by atoms with van der Waals surface area (Å²) in [6, 6.07) is 22.5. The van der Waals surface area contributed by atoms with E-state index in [9.17, 15) is 4.79 Å². The van der Waals surface area contributed by atoms with Gasteiger partial charge >= 0.3 is 0 Å². The quantitative estimate of drug-likeness (QED) is 0.347. The number of pyridine rings is 1. The van der Waals surface area contributed by atoms with Gasteiger partial charge in [0.05, 0.1) is 47.0 Å². The summed E-state index contributed by atoms with van der Waals surface area (Å²) in [4.78, 5) is 25.6. The zero-order valence-electron chi connectivity index (χ0n) is 21.8. The average molecular weight is 528 g/mol. The number of aromatic nitrogens is 5. The lowest BCUT2D eigenvalue weighted by molar-refractivity contribution is 0.208. The second-order valence-corrected chi connectivity index (χ2v) is 10.3. The van der Waals surface area contributed by atoms with Crippen molar-refractivity contribution >= 4 is 33.6 Å². The van der Waals surface area contributed by atoms with Crippen molar-refractivity contribution in [3.05, 3.63) is 101 Å². The highest BCUT2D eigenvalue weighted by molar-refractivity contribution is 6.02. The van der Waals surface area contributed by atoms with Crippen molar-refractivity contribution in [2.45, 2.75) is 12.5 Å². The van der Waals surface area contributed by atoms with Crippen molar-refractivity contribution in [2.24, 2.45) is 0 Å². The summed E-state index contributed by atoms with van der Waals surface area (Å²) in [6.07, 6.45) is 3.99. The third-order valence-corrected chi connectivity index (χ3v) is 7.93. The van der Waals surface area contributed by atoms with Gasteiger partial charge < -0.3 is 15.0 Å². The number of aromatic amines is 1. The molecule has 40 heavy (non-hydrogen) atoms. The Morgan fingerprint density at radius 3 is 2.75 bits per heavy atom. The Balaban J connectivity index is 1.22. The van der Waals surface area contributed by atoms with E-state index in [4.69, 9.17) is 9.72 Å². The number of H-pyrrole nitrogens is 1. The molecule has 0 spiro atoms. The Labute approximate surface area is 229 Å². The van der Waals surface area contributed by atoms with Gasteiger partial charge in [-0.3, -0.25) is 14.5 Å². The molecule has 1 aliphatic carbocycles. The van der Waals surface area contributed by atoms with E-state index in [0.29, 0.717) is 29.0 Å². The fourth-order valence-electron chi connectivity index (χ4n) is 6.05. The van der Waals surface area contributed by atoms with Crippen LogP contribution in [0.1, 0.15) is 11.1 Å². The molecule has 0 saturated heterocycles. The molecule has 1 aliphatic heterocycles. The molecule has 0 amide bonds. The van der Waals surface area contributed by atoms with Gasteiger partial charge in [0.15, 0.2) is 5.65 Å². The Bertz CT molecular complexity index is 2010. The first-order chi connectivity index (χ1) is 19.7. The lowest BCUT2D eigenvalue weighted by Gasteiger charge is -2.33. The largest absolute Gasteiger partial charge is 0.485 e. The molecular formula is C31H25N7O2. The first-order valence-corrected chi connectivity index (χ1v) is 13.3. The maximum absolute atomic E-state index is 13.9. The Hall–Kier alpha value is -5.18. The first kappa shape index (κ1) is 22.8. The molecule has 8 rings (SSSR count). The van der Waals surface area contributed by atoms with Crippen molar-refractivity contribution in [3.8, 4) is 22.6 Å². The highest BCUT2D eigenvalue weighted by Crippen LogP contribution is 2.40. The summed E-state index contributed by atoms with van der Waals surface area (Å²) in [5.41, 5.74) is 7.60. The molecule has 1 atom stereocenters. The van der Waals surface area contributed by atoms with Gasteiger partial charge in [0.25, 0.3) is 5.56 Å². The molecule has 2 N–H and O–H groups in total. The van der Waals surface area contributed by atoms with Crippen LogP contribution in [0.25, 0.3) is 38.8 Å². The molecule has 9 heteroatoms. The van der Waals surface area contributed by atoms with Crippen molar-refractivity contribution in [2.75, 3.05) is 30.4 Å². The summed E-state index contributed by atoms with van der Waals surface area (Å²) in [6.45, 7) is 1.24. The third-order valence-electron chi connectivity index (χ3n) is 7.93. The number of nitrogens with one attached hydrogen (secondary N) is 2. The van der Waals surface area contributed by atoms with E-state index in [1.165, 1.54) is 11.1 Å². The zero-order valence-corrected chi connectivity index (χ0v) is 21.8. The normalized spacial score (nSPS) is 15.5. The number of hydrogen-bond donors (Lipinski definition) is 2. The minimum atomic E-state index is -0.167. The number of rotatable bonds is 4. The molecule has 3 aromatic heterocycles. The number of benzene rings is 3. The molecular weight excluding hydrogens is 502 g/mol. The number of likely N-dealkylation sites (N-methyl/N-ethyl adjacent to an activating group) is 1. The summed E-state index contributed by atoms with van der Waals surface area (Å²) < 4.78 is 7.94.